The van der Waals surface area contributed by atoms with E-state index in [2.05, 4.69) is 4.98 Å². The van der Waals surface area contributed by atoms with E-state index in [-0.39, 0.29) is 18.0 Å². The van der Waals surface area contributed by atoms with Crippen molar-refractivity contribution in [3.05, 3.63) is 70.1 Å². The Bertz CT molecular complexity index is 939. The Morgan fingerprint density at radius 3 is 2.52 bits per heavy atom. The summed E-state index contributed by atoms with van der Waals surface area (Å²) in [5, 5.41) is 0. The molecule has 0 radical (unpaired) electrons. The highest BCUT2D eigenvalue weighted by atomic mass is 35.5. The fourth-order valence-corrected chi connectivity index (χ4v) is 2.65. The van der Waals surface area contributed by atoms with Gasteiger partial charge in [0.2, 0.25) is 5.88 Å². The van der Waals surface area contributed by atoms with Gasteiger partial charge in [0.25, 0.3) is 5.56 Å². The normalized spacial score (nSPS) is 10.7. The summed E-state index contributed by atoms with van der Waals surface area (Å²) in [5.41, 5.74) is 2.03. The standard InChI is InChI=1S/C20H23N3O3.ClH/c1-22(2)12-13-26-19-17(14-15-7-9-16(25-3)10-8-15)20(24)23-11-5-4-6-18(23)21-19;/h4-11H,12-14H2,1-3H3;1H. The van der Waals surface area contributed by atoms with Gasteiger partial charge in [-0.1, -0.05) is 18.2 Å². The molecule has 2 aromatic heterocycles. The van der Waals surface area contributed by atoms with Crippen molar-refractivity contribution in [1.29, 1.82) is 0 Å². The van der Waals surface area contributed by atoms with Gasteiger partial charge in [-0.05, 0) is 43.9 Å². The van der Waals surface area contributed by atoms with Gasteiger partial charge in [0, 0.05) is 19.2 Å². The topological polar surface area (TPSA) is 56.1 Å². The van der Waals surface area contributed by atoms with Gasteiger partial charge < -0.3 is 14.4 Å². The fraction of sp³-hybridized carbons (Fsp3) is 0.300. The van der Waals surface area contributed by atoms with Crippen LogP contribution >= 0.6 is 12.4 Å². The second kappa shape index (κ2) is 9.39. The van der Waals surface area contributed by atoms with E-state index < -0.39 is 0 Å². The lowest BCUT2D eigenvalue weighted by molar-refractivity contribution is 0.252. The number of benzene rings is 1. The highest BCUT2D eigenvalue weighted by Gasteiger charge is 2.15. The van der Waals surface area contributed by atoms with Crippen molar-refractivity contribution in [2.45, 2.75) is 6.42 Å². The molecule has 0 saturated heterocycles. The van der Waals surface area contributed by atoms with Crippen LogP contribution in [0, 0.1) is 0 Å². The van der Waals surface area contributed by atoms with Gasteiger partial charge in [-0.15, -0.1) is 12.4 Å². The lowest BCUT2D eigenvalue weighted by Crippen LogP contribution is -2.24. The Morgan fingerprint density at radius 2 is 1.85 bits per heavy atom. The van der Waals surface area contributed by atoms with Gasteiger partial charge in [0.1, 0.15) is 18.0 Å². The molecule has 0 N–H and O–H groups in total. The highest BCUT2D eigenvalue weighted by Crippen LogP contribution is 2.19. The van der Waals surface area contributed by atoms with Gasteiger partial charge in [0.05, 0.1) is 12.7 Å². The number of hydrogen-bond donors (Lipinski definition) is 0. The predicted molar refractivity (Wildman–Crippen MR) is 109 cm³/mol. The quantitative estimate of drug-likeness (QED) is 0.621. The molecule has 3 aromatic rings. The lowest BCUT2D eigenvalue weighted by Gasteiger charge is -2.14. The Labute approximate surface area is 164 Å². The van der Waals surface area contributed by atoms with E-state index >= 15 is 0 Å². The van der Waals surface area contributed by atoms with Crippen molar-refractivity contribution in [2.24, 2.45) is 0 Å². The third-order valence-corrected chi connectivity index (χ3v) is 4.11. The largest absolute Gasteiger partial charge is 0.497 e. The molecule has 0 aliphatic carbocycles. The van der Waals surface area contributed by atoms with Crippen molar-refractivity contribution in [3.63, 3.8) is 0 Å². The van der Waals surface area contributed by atoms with Crippen LogP contribution in [0.25, 0.3) is 5.65 Å². The number of fused-ring (bicyclic) bond motifs is 1. The number of aromatic nitrogens is 2. The van der Waals surface area contributed by atoms with E-state index in [0.717, 1.165) is 17.9 Å². The molecule has 0 atom stereocenters. The minimum atomic E-state index is -0.105. The van der Waals surface area contributed by atoms with Gasteiger partial charge >= 0.3 is 0 Å². The minimum Gasteiger partial charge on any atom is -0.497 e. The van der Waals surface area contributed by atoms with Crippen molar-refractivity contribution >= 4 is 18.1 Å². The van der Waals surface area contributed by atoms with Crippen molar-refractivity contribution in [3.8, 4) is 11.6 Å². The predicted octanol–water partition coefficient (Wildman–Crippen LogP) is 2.66. The molecule has 0 aliphatic heterocycles. The summed E-state index contributed by atoms with van der Waals surface area (Å²) in [6.07, 6.45) is 2.18. The zero-order valence-corrected chi connectivity index (χ0v) is 16.5. The zero-order valence-electron chi connectivity index (χ0n) is 15.7. The molecule has 0 unspecified atom stereocenters. The molecule has 0 spiro atoms. The summed E-state index contributed by atoms with van der Waals surface area (Å²) in [4.78, 5) is 19.6. The Balaban J connectivity index is 0.00000261. The first-order valence-electron chi connectivity index (χ1n) is 8.49. The van der Waals surface area contributed by atoms with Crippen LogP contribution in [0.1, 0.15) is 11.1 Å². The Kier molecular flexibility index (Phi) is 7.21. The second-order valence-electron chi connectivity index (χ2n) is 6.31. The van der Waals surface area contributed by atoms with Crippen molar-refractivity contribution < 1.29 is 9.47 Å². The Hall–Kier alpha value is -2.57. The highest BCUT2D eigenvalue weighted by molar-refractivity contribution is 5.85. The maximum atomic E-state index is 13.0. The van der Waals surface area contributed by atoms with Crippen LogP contribution in [-0.4, -0.2) is 48.6 Å². The maximum absolute atomic E-state index is 13.0. The monoisotopic (exact) mass is 389 g/mol. The summed E-state index contributed by atoms with van der Waals surface area (Å²) in [7, 11) is 5.58. The summed E-state index contributed by atoms with van der Waals surface area (Å²) < 4.78 is 12.6. The zero-order chi connectivity index (χ0) is 18.5. The SMILES string of the molecule is COc1ccc(Cc2c(OCCN(C)C)nc3ccccn3c2=O)cc1.Cl. The van der Waals surface area contributed by atoms with Gasteiger partial charge in [0.15, 0.2) is 0 Å². The summed E-state index contributed by atoms with van der Waals surface area (Å²) in [6, 6.07) is 13.1. The van der Waals surface area contributed by atoms with E-state index in [4.69, 9.17) is 9.47 Å². The molecule has 27 heavy (non-hydrogen) atoms. The van der Waals surface area contributed by atoms with Crippen molar-refractivity contribution in [2.75, 3.05) is 34.4 Å². The second-order valence-corrected chi connectivity index (χ2v) is 6.31. The first-order chi connectivity index (χ1) is 12.6. The van der Waals surface area contributed by atoms with Gasteiger partial charge in [-0.3, -0.25) is 9.20 Å². The number of methoxy groups -OCH3 is 1. The fourth-order valence-electron chi connectivity index (χ4n) is 2.65. The number of nitrogens with zero attached hydrogens (tertiary/aromatic N) is 3. The minimum absolute atomic E-state index is 0. The molecule has 3 rings (SSSR count). The molecule has 144 valence electrons. The molecule has 0 bridgehead atoms. The van der Waals surface area contributed by atoms with Crippen molar-refractivity contribution in [1.82, 2.24) is 14.3 Å². The lowest BCUT2D eigenvalue weighted by atomic mass is 10.1. The molecule has 0 amide bonds. The number of hydrogen-bond acceptors (Lipinski definition) is 5. The molecule has 6 nitrogen and oxygen atoms in total. The van der Waals surface area contributed by atoms with E-state index in [0.29, 0.717) is 30.1 Å². The molecular weight excluding hydrogens is 366 g/mol. The smallest absolute Gasteiger partial charge is 0.265 e. The average molecular weight is 390 g/mol. The molecular formula is C20H24ClN3O3. The van der Waals surface area contributed by atoms with E-state index in [1.165, 1.54) is 0 Å². The van der Waals surface area contributed by atoms with Crippen LogP contribution in [0.3, 0.4) is 0 Å². The van der Waals surface area contributed by atoms with E-state index in [9.17, 15) is 4.79 Å². The van der Waals surface area contributed by atoms with Crippen LogP contribution in [0.15, 0.2) is 53.5 Å². The van der Waals surface area contributed by atoms with Crippen LogP contribution in [0.4, 0.5) is 0 Å². The number of halogens is 1. The van der Waals surface area contributed by atoms with Crippen LogP contribution < -0.4 is 15.0 Å². The number of ether oxygens (including phenoxy) is 2. The Morgan fingerprint density at radius 1 is 1.11 bits per heavy atom. The first kappa shape index (κ1) is 20.7. The summed E-state index contributed by atoms with van der Waals surface area (Å²) in [5.74, 6) is 1.18. The third-order valence-electron chi connectivity index (χ3n) is 4.11. The van der Waals surface area contributed by atoms with Crippen LogP contribution in [0.2, 0.25) is 0 Å². The summed E-state index contributed by atoms with van der Waals surface area (Å²) >= 11 is 0. The molecule has 0 fully saturated rings. The molecule has 0 saturated carbocycles. The number of rotatable bonds is 7. The average Bonchev–Trinajstić information content (AvgIpc) is 2.65. The van der Waals surface area contributed by atoms with Crippen LogP contribution in [-0.2, 0) is 6.42 Å². The van der Waals surface area contributed by atoms with Crippen LogP contribution in [0.5, 0.6) is 11.6 Å². The number of pyridine rings is 1. The molecule has 7 heteroatoms. The van der Waals surface area contributed by atoms with Gasteiger partial charge in [-0.25, -0.2) is 0 Å². The maximum Gasteiger partial charge on any atom is 0.265 e. The molecule has 1 aromatic carbocycles. The molecule has 0 aliphatic rings. The number of likely N-dealkylation sites (N-methyl/N-ethyl adjacent to an activating group) is 1. The first-order valence-corrected chi connectivity index (χ1v) is 8.49. The van der Waals surface area contributed by atoms with Gasteiger partial charge in [-0.2, -0.15) is 4.98 Å². The summed E-state index contributed by atoms with van der Waals surface area (Å²) in [6.45, 7) is 1.22. The van der Waals surface area contributed by atoms with E-state index in [1.807, 2.05) is 55.4 Å². The molecule has 2 heterocycles. The van der Waals surface area contributed by atoms with E-state index in [1.54, 1.807) is 23.8 Å². The third kappa shape index (κ3) is 4.99.